The van der Waals surface area contributed by atoms with Crippen molar-refractivity contribution in [2.45, 2.75) is 12.8 Å². The predicted molar refractivity (Wildman–Crippen MR) is 113 cm³/mol. The molecule has 0 atom stereocenters. The van der Waals surface area contributed by atoms with Crippen LogP contribution >= 0.6 is 0 Å². The van der Waals surface area contributed by atoms with Crippen LogP contribution in [0, 0.1) is 0 Å². The molecule has 3 aromatic rings. The van der Waals surface area contributed by atoms with E-state index in [4.69, 9.17) is 4.74 Å². The number of para-hydroxylation sites is 1. The lowest BCUT2D eigenvalue weighted by Crippen LogP contribution is -2.37. The Morgan fingerprint density at radius 3 is 2.03 bits per heavy atom. The third-order valence-corrected chi connectivity index (χ3v) is 4.31. The van der Waals surface area contributed by atoms with Crippen molar-refractivity contribution in [3.63, 3.8) is 0 Å². The average molecular weight is 388 g/mol. The van der Waals surface area contributed by atoms with E-state index in [0.717, 1.165) is 18.6 Å². The van der Waals surface area contributed by atoms with E-state index in [0.29, 0.717) is 17.9 Å². The number of carbonyl (C=O) groups excluding carboxylic acids is 2. The molecular weight excluding hydrogens is 364 g/mol. The van der Waals surface area contributed by atoms with Crippen LogP contribution in [0.15, 0.2) is 84.9 Å². The van der Waals surface area contributed by atoms with Crippen LogP contribution < -0.4 is 15.4 Å². The Bertz CT molecular complexity index is 910. The van der Waals surface area contributed by atoms with Crippen LogP contribution in [0.2, 0.25) is 0 Å². The summed E-state index contributed by atoms with van der Waals surface area (Å²) < 4.78 is 5.70. The van der Waals surface area contributed by atoms with Crippen molar-refractivity contribution < 1.29 is 14.3 Å². The van der Waals surface area contributed by atoms with Gasteiger partial charge >= 0.3 is 0 Å². The minimum absolute atomic E-state index is 0.0492. The molecule has 0 saturated heterocycles. The first-order chi connectivity index (χ1) is 14.2. The highest BCUT2D eigenvalue weighted by molar-refractivity contribution is 5.96. The van der Waals surface area contributed by atoms with Gasteiger partial charge in [0.25, 0.3) is 5.91 Å². The Kier molecular flexibility index (Phi) is 7.41. The minimum atomic E-state index is -0.296. The largest absolute Gasteiger partial charge is 0.457 e. The topological polar surface area (TPSA) is 67.4 Å². The number of nitrogens with one attached hydrogen (secondary N) is 2. The number of amides is 2. The van der Waals surface area contributed by atoms with Gasteiger partial charge in [-0.3, -0.25) is 9.59 Å². The Morgan fingerprint density at radius 1 is 0.724 bits per heavy atom. The lowest BCUT2D eigenvalue weighted by Gasteiger charge is -2.08. The summed E-state index contributed by atoms with van der Waals surface area (Å²) in [6.45, 7) is 0.529. The molecule has 0 heterocycles. The fourth-order valence-electron chi connectivity index (χ4n) is 2.79. The van der Waals surface area contributed by atoms with E-state index in [1.54, 1.807) is 24.3 Å². The lowest BCUT2D eigenvalue weighted by atomic mass is 10.1. The van der Waals surface area contributed by atoms with Crippen molar-refractivity contribution in [3.8, 4) is 11.5 Å². The Balaban J connectivity index is 1.36. The summed E-state index contributed by atoms with van der Waals surface area (Å²) >= 11 is 0. The second-order valence-corrected chi connectivity index (χ2v) is 6.56. The fraction of sp³-hybridized carbons (Fsp3) is 0.167. The van der Waals surface area contributed by atoms with Gasteiger partial charge in [0.05, 0.1) is 6.54 Å². The van der Waals surface area contributed by atoms with Gasteiger partial charge in [0.15, 0.2) is 0 Å². The molecule has 2 amide bonds. The van der Waals surface area contributed by atoms with Crippen molar-refractivity contribution in [3.05, 3.63) is 96.1 Å². The van der Waals surface area contributed by atoms with Crippen molar-refractivity contribution in [2.75, 3.05) is 13.1 Å². The van der Waals surface area contributed by atoms with Gasteiger partial charge in [-0.15, -0.1) is 0 Å². The Morgan fingerprint density at radius 2 is 1.34 bits per heavy atom. The number of hydrogen-bond acceptors (Lipinski definition) is 3. The molecule has 0 aliphatic heterocycles. The van der Waals surface area contributed by atoms with Crippen LogP contribution in [0.5, 0.6) is 11.5 Å². The monoisotopic (exact) mass is 388 g/mol. The molecule has 5 heteroatoms. The number of ether oxygens (including phenoxy) is 1. The second-order valence-electron chi connectivity index (χ2n) is 6.56. The van der Waals surface area contributed by atoms with Crippen LogP contribution in [0.1, 0.15) is 22.3 Å². The maximum Gasteiger partial charge on any atom is 0.251 e. The average Bonchev–Trinajstić information content (AvgIpc) is 2.77. The fourth-order valence-corrected chi connectivity index (χ4v) is 2.79. The van der Waals surface area contributed by atoms with Gasteiger partial charge < -0.3 is 15.4 Å². The highest BCUT2D eigenvalue weighted by atomic mass is 16.5. The van der Waals surface area contributed by atoms with Gasteiger partial charge in [-0.25, -0.2) is 0 Å². The highest BCUT2D eigenvalue weighted by Crippen LogP contribution is 2.21. The molecule has 2 N–H and O–H groups in total. The van der Waals surface area contributed by atoms with Crippen molar-refractivity contribution in [2.24, 2.45) is 0 Å². The van der Waals surface area contributed by atoms with E-state index >= 15 is 0 Å². The summed E-state index contributed by atoms with van der Waals surface area (Å²) in [5.74, 6) is 0.878. The van der Waals surface area contributed by atoms with Gasteiger partial charge in [-0.05, 0) is 54.8 Å². The zero-order valence-corrected chi connectivity index (χ0v) is 16.1. The molecule has 0 bridgehead atoms. The summed E-state index contributed by atoms with van der Waals surface area (Å²) in [5.41, 5.74) is 1.72. The first-order valence-corrected chi connectivity index (χ1v) is 9.62. The third-order valence-electron chi connectivity index (χ3n) is 4.31. The summed E-state index contributed by atoms with van der Waals surface area (Å²) in [7, 11) is 0. The van der Waals surface area contributed by atoms with E-state index in [2.05, 4.69) is 22.8 Å². The molecule has 3 aromatic carbocycles. The first-order valence-electron chi connectivity index (χ1n) is 9.62. The summed E-state index contributed by atoms with van der Waals surface area (Å²) in [6, 6.07) is 26.3. The Hall–Kier alpha value is -3.60. The van der Waals surface area contributed by atoms with Crippen LogP contribution in [0.25, 0.3) is 0 Å². The molecule has 0 radical (unpaired) electrons. The van der Waals surface area contributed by atoms with Gasteiger partial charge in [-0.2, -0.15) is 0 Å². The van der Waals surface area contributed by atoms with Gasteiger partial charge in [0, 0.05) is 12.1 Å². The molecule has 0 aliphatic carbocycles. The predicted octanol–water partition coefficient (Wildman–Crippen LogP) is 3.96. The third kappa shape index (κ3) is 6.81. The number of aryl methyl sites for hydroxylation is 1. The standard InChI is InChI=1S/C24H24N2O3/c27-23(25-17-7-10-19-8-3-1-4-9-19)18-26-24(28)20-13-15-22(16-14-20)29-21-11-5-2-6-12-21/h1-6,8-9,11-16H,7,10,17-18H2,(H,25,27)(H,26,28). The van der Waals surface area contributed by atoms with Crippen molar-refractivity contribution in [1.29, 1.82) is 0 Å². The van der Waals surface area contributed by atoms with Crippen LogP contribution in [0.3, 0.4) is 0 Å². The number of hydrogen-bond donors (Lipinski definition) is 2. The number of carbonyl (C=O) groups is 2. The molecule has 0 aliphatic rings. The van der Waals surface area contributed by atoms with Crippen LogP contribution in [-0.2, 0) is 11.2 Å². The molecule has 0 fully saturated rings. The zero-order chi connectivity index (χ0) is 20.3. The van der Waals surface area contributed by atoms with E-state index in [-0.39, 0.29) is 18.4 Å². The molecule has 3 rings (SSSR count). The molecule has 29 heavy (non-hydrogen) atoms. The summed E-state index contributed by atoms with van der Waals surface area (Å²) in [6.07, 6.45) is 1.76. The van der Waals surface area contributed by atoms with Gasteiger partial charge in [0.2, 0.25) is 5.91 Å². The smallest absolute Gasteiger partial charge is 0.251 e. The van der Waals surface area contributed by atoms with Crippen LogP contribution in [0.4, 0.5) is 0 Å². The maximum atomic E-state index is 12.2. The summed E-state index contributed by atoms with van der Waals surface area (Å²) in [4.78, 5) is 24.1. The van der Waals surface area contributed by atoms with Crippen LogP contribution in [-0.4, -0.2) is 24.9 Å². The number of benzene rings is 3. The summed E-state index contributed by atoms with van der Waals surface area (Å²) in [5, 5.41) is 5.46. The molecular formula is C24H24N2O3. The molecule has 0 saturated carbocycles. The molecule has 0 aromatic heterocycles. The second kappa shape index (κ2) is 10.7. The first kappa shape index (κ1) is 20.1. The Labute approximate surface area is 170 Å². The van der Waals surface area contributed by atoms with Crippen molar-refractivity contribution in [1.82, 2.24) is 10.6 Å². The maximum absolute atomic E-state index is 12.2. The quantitative estimate of drug-likeness (QED) is 0.545. The minimum Gasteiger partial charge on any atom is -0.457 e. The lowest BCUT2D eigenvalue weighted by molar-refractivity contribution is -0.120. The molecule has 0 unspecified atom stereocenters. The SMILES string of the molecule is O=C(CNC(=O)c1ccc(Oc2ccccc2)cc1)NCCCc1ccccc1. The molecule has 0 spiro atoms. The van der Waals surface area contributed by atoms with E-state index in [1.807, 2.05) is 48.5 Å². The van der Waals surface area contributed by atoms with E-state index in [9.17, 15) is 9.59 Å². The zero-order valence-electron chi connectivity index (χ0n) is 16.1. The molecule has 148 valence electrons. The van der Waals surface area contributed by atoms with Gasteiger partial charge in [0.1, 0.15) is 11.5 Å². The molecule has 5 nitrogen and oxygen atoms in total. The van der Waals surface area contributed by atoms with Crippen molar-refractivity contribution >= 4 is 11.8 Å². The van der Waals surface area contributed by atoms with E-state index in [1.165, 1.54) is 5.56 Å². The normalized spacial score (nSPS) is 10.2. The van der Waals surface area contributed by atoms with Gasteiger partial charge in [-0.1, -0.05) is 48.5 Å². The number of rotatable bonds is 9. The van der Waals surface area contributed by atoms with E-state index < -0.39 is 0 Å². The highest BCUT2D eigenvalue weighted by Gasteiger charge is 2.08.